The fourth-order valence-corrected chi connectivity index (χ4v) is 9.47. The van der Waals surface area contributed by atoms with Gasteiger partial charge in [-0.3, -0.25) is 0 Å². The summed E-state index contributed by atoms with van der Waals surface area (Å²) >= 11 is 0. The largest absolute Gasteiger partial charge is 1.00 e. The molecule has 73 heavy (non-hydrogen) atoms. The van der Waals surface area contributed by atoms with Crippen LogP contribution in [0, 0.1) is 6.43 Å². The Labute approximate surface area is 481 Å². The molecule has 0 heterocycles. The van der Waals surface area contributed by atoms with Gasteiger partial charge in [-0.1, -0.05) is 122 Å². The molecule has 6 rings (SSSR count). The van der Waals surface area contributed by atoms with Gasteiger partial charge in [0.2, 0.25) is 0 Å². The van der Waals surface area contributed by atoms with Crippen molar-refractivity contribution in [1.29, 1.82) is 0 Å². The summed E-state index contributed by atoms with van der Waals surface area (Å²) in [6.07, 6.45) is -5.42. The number of ether oxygens (including phenoxy) is 2. The van der Waals surface area contributed by atoms with Crippen LogP contribution in [0.3, 0.4) is 0 Å². The number of carbonyl (C=O) groups excluding carboxylic acids is 2. The van der Waals surface area contributed by atoms with Crippen LogP contribution >= 0.6 is 17.0 Å². The van der Waals surface area contributed by atoms with Gasteiger partial charge in [-0.25, -0.2) is 27.2 Å². The zero-order valence-electron chi connectivity index (χ0n) is 40.1. The molecular formula is C53H52BrF8KO7S3+2. The fraction of sp³-hybridized carbons (Fsp3) is 0.189. The third kappa shape index (κ3) is 26.6. The molecule has 0 bridgehead atoms. The van der Waals surface area contributed by atoms with E-state index in [0.29, 0.717) is 0 Å². The number of carbonyl (C=O) groups is 2. The first-order valence-electron chi connectivity index (χ1n) is 21.0. The van der Waals surface area contributed by atoms with Crippen LogP contribution in [0.5, 0.6) is 0 Å². The smallest absolute Gasteiger partial charge is 0.462 e. The second-order valence-corrected chi connectivity index (χ2v) is 19.0. The molecule has 0 aliphatic rings. The maximum absolute atomic E-state index is 12.6. The van der Waals surface area contributed by atoms with E-state index in [1.165, 1.54) is 43.2 Å². The Morgan fingerprint density at radius 3 is 0.877 bits per heavy atom. The first-order valence-corrected chi connectivity index (χ1v) is 24.5. The van der Waals surface area contributed by atoms with E-state index in [0.717, 1.165) is 0 Å². The maximum atomic E-state index is 12.6. The van der Waals surface area contributed by atoms with Crippen molar-refractivity contribution in [2.24, 2.45) is 0 Å². The van der Waals surface area contributed by atoms with Gasteiger partial charge in [0.1, 0.15) is 0 Å². The van der Waals surface area contributed by atoms with E-state index in [2.05, 4.69) is 205 Å². The fourth-order valence-electron chi connectivity index (χ4n) is 5.26. The standard InChI is InChI=1S/2C18H15S.C9H12F4O2.C8H9F4O2.BrH.K.O3S/c2*1-4-10-16(11-5-1)19(17-12-6-2-7-13-17)18-14-8-3-9-15-18;1-6(2)7(14)15-5-4-9(12,13)8(3,10)11;1-5(2)6(13)14-4-3-8(11,12)7(9)10;;;1-4(2)3/h2*1-15H;1,4-5H2,2-3H3;1,3-4H2,2H3;1H;;/q2*+1;;-1;;+1;. The molecule has 0 unspecified atom stereocenters. The second-order valence-electron chi connectivity index (χ2n) is 14.6. The molecule has 7 nitrogen and oxygen atoms in total. The molecule has 0 fully saturated rings. The third-order valence-corrected chi connectivity index (χ3v) is 13.2. The van der Waals surface area contributed by atoms with Crippen molar-refractivity contribution in [1.82, 2.24) is 0 Å². The van der Waals surface area contributed by atoms with Gasteiger partial charge in [0.25, 0.3) is 0 Å². The Morgan fingerprint density at radius 2 is 0.699 bits per heavy atom. The molecule has 20 heteroatoms. The van der Waals surface area contributed by atoms with E-state index in [-0.39, 0.29) is 108 Å². The summed E-state index contributed by atoms with van der Waals surface area (Å²) < 4.78 is 131. The number of halogens is 9. The van der Waals surface area contributed by atoms with Gasteiger partial charge in [-0.05, 0) is 86.6 Å². The first-order chi connectivity index (χ1) is 33.5. The molecule has 0 atom stereocenters. The van der Waals surface area contributed by atoms with E-state index >= 15 is 0 Å². The van der Waals surface area contributed by atoms with Crippen molar-refractivity contribution in [2.75, 3.05) is 13.2 Å². The molecule has 0 aliphatic carbocycles. The SMILES string of the molecule is Br.C=C(C)C(=O)OCCC(F)(F)C(C)(F)F.C=C(C)C(=O)OCCC(F)(F)[C-](F)F.O=S(=O)=O.[K+].c1ccc([S+](c2ccccc2)c2ccccc2)cc1.c1ccc([S+](c2ccccc2)c2ccccc2)cc1. The predicted octanol–water partition coefficient (Wildman–Crippen LogP) is 11.5. The third-order valence-electron chi connectivity index (χ3n) is 8.79. The maximum Gasteiger partial charge on any atom is 1.00 e. The molecule has 6 aromatic rings. The van der Waals surface area contributed by atoms with Crippen LogP contribution in [-0.2, 0) is 51.5 Å². The minimum atomic E-state index is -4.20. The first kappa shape index (κ1) is 68.6. The van der Waals surface area contributed by atoms with Gasteiger partial charge in [-0.2, -0.15) is 8.78 Å². The van der Waals surface area contributed by atoms with Crippen molar-refractivity contribution >= 4 is 61.3 Å². The van der Waals surface area contributed by atoms with E-state index in [9.17, 15) is 44.7 Å². The van der Waals surface area contributed by atoms with Crippen molar-refractivity contribution in [3.8, 4) is 0 Å². The summed E-state index contributed by atoms with van der Waals surface area (Å²) in [4.78, 5) is 29.5. The Kier molecular flexibility index (Phi) is 33.6. The number of esters is 2. The monoisotopic (exact) mass is 1170 g/mol. The van der Waals surface area contributed by atoms with Crippen LogP contribution in [0.15, 0.2) is 236 Å². The summed E-state index contributed by atoms with van der Waals surface area (Å²) in [7, 11) is -3.14. The average molecular weight is 1170 g/mol. The second kappa shape index (κ2) is 35.7. The molecule has 0 radical (unpaired) electrons. The van der Waals surface area contributed by atoms with Crippen LogP contribution in [0.4, 0.5) is 35.1 Å². The zero-order chi connectivity index (χ0) is 53.0. The molecule has 6 aromatic carbocycles. The van der Waals surface area contributed by atoms with Gasteiger partial charge in [0.15, 0.2) is 35.3 Å². The van der Waals surface area contributed by atoms with Crippen molar-refractivity contribution < 1.29 is 118 Å². The van der Waals surface area contributed by atoms with E-state index in [4.69, 9.17) is 12.6 Å². The summed E-state index contributed by atoms with van der Waals surface area (Å²) in [6.45, 7) is 7.64. The molecule has 0 aromatic heterocycles. The molecule has 0 N–H and O–H groups in total. The summed E-state index contributed by atoms with van der Waals surface area (Å²) in [5, 5.41) is 0. The van der Waals surface area contributed by atoms with Crippen LogP contribution in [0.25, 0.3) is 0 Å². The zero-order valence-corrected chi connectivity index (χ0v) is 47.4. The summed E-state index contributed by atoms with van der Waals surface area (Å²) in [5.74, 6) is -14.2. The van der Waals surface area contributed by atoms with Gasteiger partial charge in [0, 0.05) is 24.5 Å². The van der Waals surface area contributed by atoms with Gasteiger partial charge >= 0.3 is 85.8 Å². The van der Waals surface area contributed by atoms with Crippen LogP contribution in [-0.4, -0.2) is 55.5 Å². The number of hydrogen-bond acceptors (Lipinski definition) is 7. The quantitative estimate of drug-likeness (QED) is 0.0237. The Morgan fingerprint density at radius 1 is 0.493 bits per heavy atom. The summed E-state index contributed by atoms with van der Waals surface area (Å²) in [5.41, 5.74) is 0.0552. The van der Waals surface area contributed by atoms with Crippen LogP contribution in [0.2, 0.25) is 0 Å². The minimum absolute atomic E-state index is 0. The molecule has 0 saturated heterocycles. The number of rotatable bonds is 16. The van der Waals surface area contributed by atoms with E-state index in [1.54, 1.807) is 0 Å². The minimum Gasteiger partial charge on any atom is -0.462 e. The molecule has 0 saturated carbocycles. The average Bonchev–Trinajstić information content (AvgIpc) is 3.33. The van der Waals surface area contributed by atoms with Crippen LogP contribution in [0.1, 0.15) is 33.6 Å². The molecule has 386 valence electrons. The number of hydrogen-bond donors (Lipinski definition) is 0. The molecular weight excluding hydrogens is 1120 g/mol. The van der Waals surface area contributed by atoms with E-state index in [1.807, 2.05) is 0 Å². The Hall–Kier alpha value is -4.38. The number of benzene rings is 6. The Balaban J connectivity index is 0.000000924. The van der Waals surface area contributed by atoms with E-state index < -0.39 is 72.8 Å². The van der Waals surface area contributed by atoms with Gasteiger partial charge < -0.3 is 18.3 Å². The van der Waals surface area contributed by atoms with Gasteiger partial charge in [-0.15, -0.1) is 29.6 Å². The van der Waals surface area contributed by atoms with Crippen LogP contribution < -0.4 is 51.4 Å². The predicted molar refractivity (Wildman–Crippen MR) is 270 cm³/mol. The normalized spacial score (nSPS) is 10.6. The van der Waals surface area contributed by atoms with Gasteiger partial charge in [0.05, 0.1) is 47.8 Å². The number of alkyl halides is 6. The molecule has 0 aliphatic heterocycles. The van der Waals surface area contributed by atoms with Crippen molar-refractivity contribution in [2.45, 2.75) is 80.8 Å². The summed E-state index contributed by atoms with van der Waals surface area (Å²) in [6, 6.07) is 64.3. The molecule has 0 amide bonds. The topological polar surface area (TPSA) is 104 Å². The molecule has 0 spiro atoms. The van der Waals surface area contributed by atoms with Crippen molar-refractivity contribution in [3.05, 3.63) is 213 Å². The van der Waals surface area contributed by atoms with Crippen molar-refractivity contribution in [3.63, 3.8) is 0 Å². The Bertz CT molecular complexity index is 2320.